The predicted octanol–water partition coefficient (Wildman–Crippen LogP) is 5.27. The molecule has 3 aromatic rings. The molecule has 5 rings (SSSR count). The van der Waals surface area contributed by atoms with Gasteiger partial charge >= 0.3 is 5.97 Å². The fourth-order valence-corrected chi connectivity index (χ4v) is 4.81. The van der Waals surface area contributed by atoms with Gasteiger partial charge in [-0.3, -0.25) is 4.79 Å². The van der Waals surface area contributed by atoms with E-state index in [4.69, 9.17) is 9.47 Å². The predicted molar refractivity (Wildman–Crippen MR) is 135 cm³/mol. The van der Waals surface area contributed by atoms with Gasteiger partial charge < -0.3 is 14.8 Å². The van der Waals surface area contributed by atoms with Crippen LogP contribution in [0, 0.1) is 11.3 Å². The van der Waals surface area contributed by atoms with Crippen LogP contribution in [0.3, 0.4) is 0 Å². The van der Waals surface area contributed by atoms with Crippen LogP contribution in [0.5, 0.6) is 5.75 Å². The highest BCUT2D eigenvalue weighted by atomic mass is 16.5. The Morgan fingerprint density at radius 3 is 2.42 bits per heavy atom. The molecule has 1 unspecified atom stereocenters. The normalized spacial score (nSPS) is 16.1. The van der Waals surface area contributed by atoms with Crippen molar-refractivity contribution in [3.63, 3.8) is 0 Å². The lowest BCUT2D eigenvalue weighted by Crippen LogP contribution is -2.29. The SMILES string of the molecule is CCOC(=O)C1=C(C)NC2=C(C(=O)c3ccccc32)C1c1ccc(OCc2ccccc2C#N)cc1. The lowest BCUT2D eigenvalue weighted by molar-refractivity contribution is -0.138. The third-order valence-corrected chi connectivity index (χ3v) is 6.49. The summed E-state index contributed by atoms with van der Waals surface area (Å²) in [5.74, 6) is -0.500. The van der Waals surface area contributed by atoms with Gasteiger partial charge in [-0.1, -0.05) is 54.6 Å². The minimum absolute atomic E-state index is 0.0964. The standard InChI is InChI=1S/C30H24N2O4/c1-3-35-30(34)25-18(2)32-28-23-10-6-7-11-24(23)29(33)27(28)26(25)19-12-14-22(15-13-19)36-17-21-9-5-4-8-20(21)16-31/h4-15,26,32H,3,17H2,1-2H3. The molecule has 1 heterocycles. The van der Waals surface area contributed by atoms with Crippen molar-refractivity contribution in [2.45, 2.75) is 26.4 Å². The van der Waals surface area contributed by atoms with Crippen LogP contribution in [-0.4, -0.2) is 18.4 Å². The number of ether oxygens (including phenoxy) is 2. The molecule has 0 bridgehead atoms. The quantitative estimate of drug-likeness (QED) is 0.488. The van der Waals surface area contributed by atoms with Crippen molar-refractivity contribution < 1.29 is 19.1 Å². The summed E-state index contributed by atoms with van der Waals surface area (Å²) in [6.07, 6.45) is 0. The number of nitrogens with one attached hydrogen (secondary N) is 1. The van der Waals surface area contributed by atoms with Crippen LogP contribution >= 0.6 is 0 Å². The smallest absolute Gasteiger partial charge is 0.336 e. The summed E-state index contributed by atoms with van der Waals surface area (Å²) in [5.41, 5.74) is 5.98. The summed E-state index contributed by atoms with van der Waals surface area (Å²) in [7, 11) is 0. The zero-order chi connectivity index (χ0) is 25.2. The zero-order valence-electron chi connectivity index (χ0n) is 20.0. The van der Waals surface area contributed by atoms with Gasteiger partial charge in [0.15, 0.2) is 5.78 Å². The first-order valence-electron chi connectivity index (χ1n) is 11.8. The Labute approximate surface area is 209 Å². The van der Waals surface area contributed by atoms with E-state index >= 15 is 0 Å². The summed E-state index contributed by atoms with van der Waals surface area (Å²) >= 11 is 0. The van der Waals surface area contributed by atoms with Gasteiger partial charge in [-0.05, 0) is 37.6 Å². The van der Waals surface area contributed by atoms with E-state index in [1.165, 1.54) is 0 Å². The number of carbonyl (C=O) groups is 2. The number of nitriles is 1. The third-order valence-electron chi connectivity index (χ3n) is 6.49. The molecule has 0 saturated carbocycles. The molecule has 1 aliphatic carbocycles. The molecule has 0 aromatic heterocycles. The van der Waals surface area contributed by atoms with Gasteiger partial charge in [-0.2, -0.15) is 5.26 Å². The Morgan fingerprint density at radius 1 is 1.00 bits per heavy atom. The number of fused-ring (bicyclic) bond motifs is 2. The van der Waals surface area contributed by atoms with Crippen LogP contribution in [-0.2, 0) is 16.1 Å². The molecule has 2 aliphatic rings. The van der Waals surface area contributed by atoms with Gasteiger partial charge in [-0.15, -0.1) is 0 Å². The van der Waals surface area contributed by atoms with Gasteiger partial charge in [0, 0.05) is 33.9 Å². The van der Waals surface area contributed by atoms with E-state index in [-0.39, 0.29) is 19.0 Å². The van der Waals surface area contributed by atoms with Crippen molar-refractivity contribution in [3.05, 3.63) is 117 Å². The Kier molecular flexibility index (Phi) is 6.14. The van der Waals surface area contributed by atoms with E-state index in [0.29, 0.717) is 33.7 Å². The molecule has 0 spiro atoms. The molecule has 1 aliphatic heterocycles. The van der Waals surface area contributed by atoms with Crippen LogP contribution in [0.1, 0.15) is 52.4 Å². The number of Topliss-reactive ketones (excluding diaryl/α,β-unsaturated/α-hetero) is 1. The fourth-order valence-electron chi connectivity index (χ4n) is 4.81. The molecular formula is C30H24N2O4. The summed E-state index contributed by atoms with van der Waals surface area (Å²) < 4.78 is 11.3. The third kappa shape index (κ3) is 3.95. The molecule has 1 atom stereocenters. The Balaban J connectivity index is 1.50. The topological polar surface area (TPSA) is 88.4 Å². The number of benzene rings is 3. The molecule has 3 aromatic carbocycles. The minimum atomic E-state index is -0.575. The highest BCUT2D eigenvalue weighted by Crippen LogP contribution is 2.46. The van der Waals surface area contributed by atoms with E-state index in [1.54, 1.807) is 13.0 Å². The summed E-state index contributed by atoms with van der Waals surface area (Å²) in [6, 6.07) is 24.3. The first kappa shape index (κ1) is 23.1. The molecule has 36 heavy (non-hydrogen) atoms. The van der Waals surface area contributed by atoms with Crippen LogP contribution in [0.2, 0.25) is 0 Å². The number of hydrogen-bond acceptors (Lipinski definition) is 6. The average molecular weight is 477 g/mol. The van der Waals surface area contributed by atoms with Crippen molar-refractivity contribution in [2.24, 2.45) is 0 Å². The second kappa shape index (κ2) is 9.55. The Bertz CT molecular complexity index is 1480. The monoisotopic (exact) mass is 476 g/mol. The second-order valence-corrected chi connectivity index (χ2v) is 8.61. The lowest BCUT2D eigenvalue weighted by atomic mass is 9.80. The number of hydrogen-bond donors (Lipinski definition) is 1. The first-order chi connectivity index (χ1) is 17.5. The van der Waals surface area contributed by atoms with Crippen LogP contribution in [0.15, 0.2) is 89.6 Å². The number of dihydropyridines is 1. The number of esters is 1. The molecule has 0 fully saturated rings. The largest absolute Gasteiger partial charge is 0.489 e. The van der Waals surface area contributed by atoms with Gasteiger partial charge in [-0.25, -0.2) is 4.79 Å². The van der Waals surface area contributed by atoms with Gasteiger partial charge in [0.1, 0.15) is 12.4 Å². The molecular weight excluding hydrogens is 452 g/mol. The van der Waals surface area contributed by atoms with Gasteiger partial charge in [0.2, 0.25) is 0 Å². The van der Waals surface area contributed by atoms with Crippen molar-refractivity contribution in [1.82, 2.24) is 5.32 Å². The second-order valence-electron chi connectivity index (χ2n) is 8.61. The van der Waals surface area contributed by atoms with Crippen molar-refractivity contribution in [3.8, 4) is 11.8 Å². The Hall–Kier alpha value is -4.63. The van der Waals surface area contributed by atoms with E-state index in [9.17, 15) is 14.9 Å². The average Bonchev–Trinajstić information content (AvgIpc) is 3.18. The zero-order valence-corrected chi connectivity index (χ0v) is 20.0. The van der Waals surface area contributed by atoms with E-state index in [1.807, 2.05) is 73.7 Å². The minimum Gasteiger partial charge on any atom is -0.489 e. The first-order valence-corrected chi connectivity index (χ1v) is 11.8. The molecule has 1 N–H and O–H groups in total. The van der Waals surface area contributed by atoms with Crippen LogP contribution in [0.4, 0.5) is 0 Å². The summed E-state index contributed by atoms with van der Waals surface area (Å²) in [4.78, 5) is 26.6. The number of rotatable bonds is 6. The van der Waals surface area contributed by atoms with Gasteiger partial charge in [0.25, 0.3) is 0 Å². The maximum absolute atomic E-state index is 13.5. The molecule has 0 amide bonds. The van der Waals surface area contributed by atoms with Gasteiger partial charge in [0.05, 0.1) is 29.5 Å². The molecule has 0 radical (unpaired) electrons. The number of nitrogens with zero attached hydrogens (tertiary/aromatic N) is 1. The number of allylic oxidation sites excluding steroid dienone is 2. The lowest BCUT2D eigenvalue weighted by Gasteiger charge is -2.29. The highest BCUT2D eigenvalue weighted by Gasteiger charge is 2.42. The van der Waals surface area contributed by atoms with Crippen LogP contribution in [0.25, 0.3) is 5.70 Å². The molecule has 178 valence electrons. The van der Waals surface area contributed by atoms with Crippen molar-refractivity contribution in [2.75, 3.05) is 6.61 Å². The van der Waals surface area contributed by atoms with E-state index in [2.05, 4.69) is 11.4 Å². The van der Waals surface area contributed by atoms with Crippen molar-refractivity contribution in [1.29, 1.82) is 5.26 Å². The van der Waals surface area contributed by atoms with Crippen molar-refractivity contribution >= 4 is 17.4 Å². The fraction of sp³-hybridized carbons (Fsp3) is 0.167. The maximum atomic E-state index is 13.5. The molecule has 0 saturated heterocycles. The molecule has 6 nitrogen and oxygen atoms in total. The summed E-state index contributed by atoms with van der Waals surface area (Å²) in [6.45, 7) is 4.08. The van der Waals surface area contributed by atoms with E-state index in [0.717, 1.165) is 22.4 Å². The summed E-state index contributed by atoms with van der Waals surface area (Å²) in [5, 5.41) is 12.6. The van der Waals surface area contributed by atoms with E-state index < -0.39 is 11.9 Å². The highest BCUT2D eigenvalue weighted by molar-refractivity contribution is 6.23. The number of ketones is 1. The maximum Gasteiger partial charge on any atom is 0.336 e. The molecule has 6 heteroatoms. The Morgan fingerprint density at radius 2 is 1.69 bits per heavy atom. The number of carbonyl (C=O) groups excluding carboxylic acids is 2. The van der Waals surface area contributed by atoms with Crippen LogP contribution < -0.4 is 10.1 Å².